The minimum absolute atomic E-state index is 0.142. The summed E-state index contributed by atoms with van der Waals surface area (Å²) >= 11 is 0. The highest BCUT2D eigenvalue weighted by atomic mass is 16.5. The van der Waals surface area contributed by atoms with E-state index in [1.165, 1.54) is 5.56 Å². The summed E-state index contributed by atoms with van der Waals surface area (Å²) in [6.07, 6.45) is 1.24. The minimum atomic E-state index is -0.573. The smallest absolute Gasteiger partial charge is 0.261 e. The summed E-state index contributed by atoms with van der Waals surface area (Å²) in [5.74, 6) is 1.97. The van der Waals surface area contributed by atoms with E-state index in [0.29, 0.717) is 12.5 Å². The minimum Gasteiger partial charge on any atom is -0.481 e. The summed E-state index contributed by atoms with van der Waals surface area (Å²) in [6.45, 7) is 11.7. The molecule has 1 aliphatic rings. The molecule has 2 heterocycles. The molecule has 1 aromatic carbocycles. The van der Waals surface area contributed by atoms with Crippen molar-refractivity contribution in [2.45, 2.75) is 46.3 Å². The van der Waals surface area contributed by atoms with Gasteiger partial charge in [0.2, 0.25) is 0 Å². The number of hydrogen-bond donors (Lipinski definition) is 1. The van der Waals surface area contributed by atoms with Gasteiger partial charge in [0.05, 0.1) is 13.2 Å². The van der Waals surface area contributed by atoms with E-state index in [4.69, 9.17) is 9.47 Å². The highest BCUT2D eigenvalue weighted by Gasteiger charge is 2.17. The number of rotatable bonds is 7. The molecule has 0 aliphatic carbocycles. The van der Waals surface area contributed by atoms with Crippen LogP contribution in [-0.2, 0) is 16.1 Å². The summed E-state index contributed by atoms with van der Waals surface area (Å²) in [5, 5.41) is 2.94. The largest absolute Gasteiger partial charge is 0.481 e. The monoisotopic (exact) mass is 397 g/mol. The average Bonchev–Trinajstić information content (AvgIpc) is 2.74. The van der Waals surface area contributed by atoms with Crippen molar-refractivity contribution in [2.24, 2.45) is 0 Å². The Hall–Kier alpha value is -2.60. The zero-order valence-electron chi connectivity index (χ0n) is 17.8. The predicted octanol–water partition coefficient (Wildman–Crippen LogP) is 3.43. The van der Waals surface area contributed by atoms with Gasteiger partial charge in [-0.1, -0.05) is 32.0 Å². The normalized spacial score (nSPS) is 15.3. The van der Waals surface area contributed by atoms with Crippen molar-refractivity contribution < 1.29 is 14.3 Å². The van der Waals surface area contributed by atoms with Crippen molar-refractivity contribution >= 4 is 11.7 Å². The predicted molar refractivity (Wildman–Crippen MR) is 114 cm³/mol. The topological polar surface area (TPSA) is 63.7 Å². The van der Waals surface area contributed by atoms with Gasteiger partial charge in [-0.3, -0.25) is 4.79 Å². The number of nitrogens with zero attached hydrogens (tertiary/aromatic N) is 2. The number of benzene rings is 1. The van der Waals surface area contributed by atoms with Crippen LogP contribution in [-0.4, -0.2) is 43.3 Å². The van der Waals surface area contributed by atoms with E-state index in [9.17, 15) is 4.79 Å². The molecule has 2 aromatic rings. The fourth-order valence-corrected chi connectivity index (χ4v) is 3.18. The molecule has 0 unspecified atom stereocenters. The van der Waals surface area contributed by atoms with E-state index in [1.54, 1.807) is 6.92 Å². The first-order valence-electron chi connectivity index (χ1n) is 10.3. The van der Waals surface area contributed by atoms with Crippen LogP contribution in [0.3, 0.4) is 0 Å². The van der Waals surface area contributed by atoms with Gasteiger partial charge >= 0.3 is 0 Å². The number of amides is 1. The molecular formula is C23H31N3O3. The average molecular weight is 398 g/mol. The first-order valence-corrected chi connectivity index (χ1v) is 10.3. The van der Waals surface area contributed by atoms with E-state index >= 15 is 0 Å². The number of aryl methyl sites for hydroxylation is 1. The second kappa shape index (κ2) is 9.74. The molecule has 1 fully saturated rings. The maximum atomic E-state index is 12.5. The Labute approximate surface area is 173 Å². The number of nitrogens with one attached hydrogen (secondary N) is 1. The van der Waals surface area contributed by atoms with Crippen molar-refractivity contribution in [3.8, 4) is 5.75 Å². The first-order chi connectivity index (χ1) is 13.9. The fourth-order valence-electron chi connectivity index (χ4n) is 3.18. The lowest BCUT2D eigenvalue weighted by atomic mass is 10.0. The number of anilines is 1. The fraction of sp³-hybridized carbons (Fsp3) is 0.478. The Morgan fingerprint density at radius 2 is 1.97 bits per heavy atom. The summed E-state index contributed by atoms with van der Waals surface area (Å²) < 4.78 is 11.3. The standard InChI is InChI=1S/C23H31N3O3/c1-16(2)20-7-5-17(3)21(13-20)29-18(4)23(27)25-15-19-6-8-22(24-14-19)26-9-11-28-12-10-26/h5-8,13-14,16,18H,9-12,15H2,1-4H3,(H,25,27)/t18-/m0/s1. The van der Waals surface area contributed by atoms with Crippen molar-refractivity contribution in [1.82, 2.24) is 10.3 Å². The molecule has 0 radical (unpaired) electrons. The third kappa shape index (κ3) is 5.70. The van der Waals surface area contributed by atoms with Crippen molar-refractivity contribution in [3.63, 3.8) is 0 Å². The van der Waals surface area contributed by atoms with Gasteiger partial charge in [-0.2, -0.15) is 0 Å². The van der Waals surface area contributed by atoms with Gasteiger partial charge in [-0.15, -0.1) is 0 Å². The highest BCUT2D eigenvalue weighted by Crippen LogP contribution is 2.25. The lowest BCUT2D eigenvalue weighted by Crippen LogP contribution is -2.37. The molecule has 6 heteroatoms. The SMILES string of the molecule is Cc1ccc(C(C)C)cc1O[C@@H](C)C(=O)NCc1ccc(N2CCOCC2)nc1. The van der Waals surface area contributed by atoms with Gasteiger partial charge in [0, 0.05) is 25.8 Å². The Bertz CT molecular complexity index is 815. The molecular weight excluding hydrogens is 366 g/mol. The molecule has 0 bridgehead atoms. The summed E-state index contributed by atoms with van der Waals surface area (Å²) in [7, 11) is 0. The van der Waals surface area contributed by atoms with E-state index < -0.39 is 6.10 Å². The molecule has 1 aliphatic heterocycles. The molecule has 1 saturated heterocycles. The van der Waals surface area contributed by atoms with Crippen LogP contribution < -0.4 is 15.0 Å². The Balaban J connectivity index is 1.53. The van der Waals surface area contributed by atoms with Crippen LogP contribution in [0.1, 0.15) is 43.4 Å². The summed E-state index contributed by atoms with van der Waals surface area (Å²) in [4.78, 5) is 19.2. The number of ether oxygens (including phenoxy) is 2. The van der Waals surface area contributed by atoms with Crippen LogP contribution in [0, 0.1) is 6.92 Å². The van der Waals surface area contributed by atoms with E-state index in [-0.39, 0.29) is 5.91 Å². The van der Waals surface area contributed by atoms with Gasteiger partial charge in [-0.05, 0) is 48.6 Å². The Kier molecular flexibility index (Phi) is 7.09. The molecule has 29 heavy (non-hydrogen) atoms. The van der Waals surface area contributed by atoms with Crippen molar-refractivity contribution in [3.05, 3.63) is 53.2 Å². The van der Waals surface area contributed by atoms with E-state index in [0.717, 1.165) is 49.0 Å². The number of morpholine rings is 1. The number of aromatic nitrogens is 1. The van der Waals surface area contributed by atoms with Crippen LogP contribution in [0.4, 0.5) is 5.82 Å². The van der Waals surface area contributed by atoms with Gasteiger partial charge in [0.1, 0.15) is 11.6 Å². The Morgan fingerprint density at radius 3 is 2.62 bits per heavy atom. The molecule has 0 saturated carbocycles. The van der Waals surface area contributed by atoms with Crippen molar-refractivity contribution in [2.75, 3.05) is 31.2 Å². The zero-order valence-corrected chi connectivity index (χ0v) is 17.8. The van der Waals surface area contributed by atoms with Gasteiger partial charge in [-0.25, -0.2) is 4.98 Å². The first kappa shape index (κ1) is 21.1. The highest BCUT2D eigenvalue weighted by molar-refractivity contribution is 5.80. The lowest BCUT2D eigenvalue weighted by molar-refractivity contribution is -0.127. The molecule has 1 amide bonds. The summed E-state index contributed by atoms with van der Waals surface area (Å²) in [5.41, 5.74) is 3.18. The molecule has 0 spiro atoms. The number of hydrogen-bond acceptors (Lipinski definition) is 5. The van der Waals surface area contributed by atoms with Crippen LogP contribution >= 0.6 is 0 Å². The zero-order chi connectivity index (χ0) is 20.8. The number of pyridine rings is 1. The molecule has 6 nitrogen and oxygen atoms in total. The van der Waals surface area contributed by atoms with Gasteiger partial charge in [0.15, 0.2) is 6.10 Å². The van der Waals surface area contributed by atoms with Crippen LogP contribution in [0.5, 0.6) is 5.75 Å². The molecule has 1 N–H and O–H groups in total. The molecule has 3 rings (SSSR count). The van der Waals surface area contributed by atoms with Crippen molar-refractivity contribution in [1.29, 1.82) is 0 Å². The lowest BCUT2D eigenvalue weighted by Gasteiger charge is -2.27. The van der Waals surface area contributed by atoms with Crippen LogP contribution in [0.25, 0.3) is 0 Å². The maximum Gasteiger partial charge on any atom is 0.261 e. The molecule has 156 valence electrons. The molecule has 1 atom stereocenters. The maximum absolute atomic E-state index is 12.5. The second-order valence-corrected chi connectivity index (χ2v) is 7.78. The second-order valence-electron chi connectivity index (χ2n) is 7.78. The van der Waals surface area contributed by atoms with E-state index in [1.807, 2.05) is 37.4 Å². The third-order valence-electron chi connectivity index (χ3n) is 5.16. The number of carbonyl (C=O) groups excluding carboxylic acids is 1. The van der Waals surface area contributed by atoms with Gasteiger partial charge in [0.25, 0.3) is 5.91 Å². The summed E-state index contributed by atoms with van der Waals surface area (Å²) in [6, 6.07) is 10.2. The van der Waals surface area contributed by atoms with Crippen LogP contribution in [0.2, 0.25) is 0 Å². The number of carbonyl (C=O) groups is 1. The van der Waals surface area contributed by atoms with Gasteiger partial charge < -0.3 is 19.7 Å². The van der Waals surface area contributed by atoms with E-state index in [2.05, 4.69) is 35.1 Å². The van der Waals surface area contributed by atoms with Crippen LogP contribution in [0.15, 0.2) is 36.5 Å². The third-order valence-corrected chi connectivity index (χ3v) is 5.16. The quantitative estimate of drug-likeness (QED) is 0.775. The Morgan fingerprint density at radius 1 is 1.21 bits per heavy atom. The molecule has 1 aromatic heterocycles.